The van der Waals surface area contributed by atoms with Gasteiger partial charge in [-0.15, -0.1) is 0 Å². The van der Waals surface area contributed by atoms with E-state index in [-0.39, 0.29) is 25.0 Å². The maximum atomic E-state index is 13.1. The second kappa shape index (κ2) is 8.70. The molecule has 1 aromatic heterocycles. The lowest BCUT2D eigenvalue weighted by molar-refractivity contribution is -0.136. The number of nitrogens with zero attached hydrogens (tertiary/aromatic N) is 2. The van der Waals surface area contributed by atoms with E-state index >= 15 is 0 Å². The van der Waals surface area contributed by atoms with Gasteiger partial charge in [0.2, 0.25) is 0 Å². The first-order chi connectivity index (χ1) is 16.0. The van der Waals surface area contributed by atoms with E-state index in [9.17, 15) is 9.59 Å². The summed E-state index contributed by atoms with van der Waals surface area (Å²) in [7, 11) is 0. The van der Waals surface area contributed by atoms with Gasteiger partial charge in [0.15, 0.2) is 0 Å². The number of carboxylic acids is 1. The smallest absolute Gasteiger partial charge is 0.415 e. The number of amides is 1. The molecule has 3 aromatic rings. The number of fused-ring (bicyclic) bond motifs is 4. The van der Waals surface area contributed by atoms with Gasteiger partial charge in [0.1, 0.15) is 12.4 Å². The van der Waals surface area contributed by atoms with E-state index in [1.165, 1.54) is 22.3 Å². The molecule has 33 heavy (non-hydrogen) atoms. The van der Waals surface area contributed by atoms with Gasteiger partial charge in [-0.05, 0) is 59.6 Å². The molecule has 0 saturated heterocycles. The van der Waals surface area contributed by atoms with Crippen LogP contribution in [-0.2, 0) is 22.4 Å². The topological polar surface area (TPSA) is 79.7 Å². The van der Waals surface area contributed by atoms with E-state index in [1.54, 1.807) is 4.90 Å². The van der Waals surface area contributed by atoms with Gasteiger partial charge in [0, 0.05) is 24.6 Å². The summed E-state index contributed by atoms with van der Waals surface area (Å²) in [6.07, 6.45) is 1.75. The number of aryl methyl sites for hydroxylation is 3. The van der Waals surface area contributed by atoms with Crippen molar-refractivity contribution in [2.45, 2.75) is 38.5 Å². The van der Waals surface area contributed by atoms with E-state index in [1.807, 2.05) is 37.3 Å². The minimum atomic E-state index is -0.826. The number of pyridine rings is 1. The predicted molar refractivity (Wildman–Crippen MR) is 126 cm³/mol. The Kier molecular flexibility index (Phi) is 5.58. The van der Waals surface area contributed by atoms with Gasteiger partial charge < -0.3 is 9.84 Å². The number of hydrogen-bond acceptors (Lipinski definition) is 4. The Morgan fingerprint density at radius 3 is 2.42 bits per heavy atom. The standard InChI is InChI=1S/C27H26N2O4/c1-17-18(12-13-25(30)31)15-19-7-6-14-29(26(19)28-17)27(32)33-16-24-22-10-4-2-8-20(22)21-9-3-5-11-23(21)24/h2-5,8-11,15,24H,6-7,12-14,16H2,1H3,(H,30,31). The molecule has 168 valence electrons. The fraction of sp³-hybridized carbons (Fsp3) is 0.296. The van der Waals surface area contributed by atoms with E-state index in [4.69, 9.17) is 9.84 Å². The number of carbonyl (C=O) groups excluding carboxylic acids is 1. The average molecular weight is 443 g/mol. The van der Waals surface area contributed by atoms with Gasteiger partial charge in [-0.2, -0.15) is 0 Å². The molecular formula is C27H26N2O4. The quantitative estimate of drug-likeness (QED) is 0.594. The number of carboxylic acid groups (broad SMARTS) is 1. The van der Waals surface area contributed by atoms with E-state index in [2.05, 4.69) is 29.2 Å². The first kappa shape index (κ1) is 21.2. The zero-order valence-electron chi connectivity index (χ0n) is 18.6. The molecular weight excluding hydrogens is 416 g/mol. The zero-order chi connectivity index (χ0) is 22.9. The third-order valence-corrected chi connectivity index (χ3v) is 6.62. The van der Waals surface area contributed by atoms with Crippen LogP contribution in [0.2, 0.25) is 0 Å². The normalized spacial score (nSPS) is 14.4. The summed E-state index contributed by atoms with van der Waals surface area (Å²) in [6.45, 7) is 2.70. The Labute approximate surface area is 192 Å². The third kappa shape index (κ3) is 3.97. The molecule has 1 N–H and O–H groups in total. The Morgan fingerprint density at radius 1 is 1.09 bits per heavy atom. The summed E-state index contributed by atoms with van der Waals surface area (Å²) in [4.78, 5) is 30.4. The molecule has 1 amide bonds. The van der Waals surface area contributed by atoms with Crippen molar-refractivity contribution in [2.75, 3.05) is 18.1 Å². The molecule has 2 aliphatic rings. The summed E-state index contributed by atoms with van der Waals surface area (Å²) in [5, 5.41) is 9.00. The Bertz CT molecular complexity index is 1190. The summed E-state index contributed by atoms with van der Waals surface area (Å²) in [5.41, 5.74) is 7.41. The maximum absolute atomic E-state index is 13.1. The number of benzene rings is 2. The lowest BCUT2D eigenvalue weighted by Gasteiger charge is -2.29. The van der Waals surface area contributed by atoms with Crippen LogP contribution < -0.4 is 4.90 Å². The van der Waals surface area contributed by atoms with E-state index in [0.717, 1.165) is 29.7 Å². The number of ether oxygens (including phenoxy) is 1. The number of aromatic nitrogens is 1. The number of anilines is 1. The molecule has 2 heterocycles. The largest absolute Gasteiger partial charge is 0.481 e. The van der Waals surface area contributed by atoms with Crippen LogP contribution in [0.4, 0.5) is 10.6 Å². The lowest BCUT2D eigenvalue weighted by Crippen LogP contribution is -2.37. The molecule has 0 spiro atoms. The summed E-state index contributed by atoms with van der Waals surface area (Å²) in [5.74, 6) is -0.180. The summed E-state index contributed by atoms with van der Waals surface area (Å²) in [6, 6.07) is 18.6. The van der Waals surface area contributed by atoms with Crippen molar-refractivity contribution < 1.29 is 19.4 Å². The van der Waals surface area contributed by atoms with Crippen molar-refractivity contribution in [3.63, 3.8) is 0 Å². The number of rotatable bonds is 5. The van der Waals surface area contributed by atoms with Gasteiger partial charge in [0.25, 0.3) is 0 Å². The fourth-order valence-corrected chi connectivity index (χ4v) is 4.98. The van der Waals surface area contributed by atoms with Crippen LogP contribution in [0.15, 0.2) is 54.6 Å². The van der Waals surface area contributed by atoms with Gasteiger partial charge >= 0.3 is 12.1 Å². The number of aliphatic carboxylic acids is 1. The average Bonchev–Trinajstić information content (AvgIpc) is 3.14. The second-order valence-electron chi connectivity index (χ2n) is 8.67. The highest BCUT2D eigenvalue weighted by Crippen LogP contribution is 2.44. The van der Waals surface area contributed by atoms with Gasteiger partial charge in [-0.25, -0.2) is 9.78 Å². The fourth-order valence-electron chi connectivity index (χ4n) is 4.98. The number of carbonyl (C=O) groups is 2. The second-order valence-corrected chi connectivity index (χ2v) is 8.67. The van der Waals surface area contributed by atoms with E-state index < -0.39 is 5.97 Å². The predicted octanol–water partition coefficient (Wildman–Crippen LogP) is 5.11. The zero-order valence-corrected chi connectivity index (χ0v) is 18.6. The highest BCUT2D eigenvalue weighted by molar-refractivity contribution is 5.88. The van der Waals surface area contributed by atoms with Crippen LogP contribution >= 0.6 is 0 Å². The molecule has 0 bridgehead atoms. The van der Waals surface area contributed by atoms with Crippen molar-refractivity contribution >= 4 is 17.9 Å². The number of hydrogen-bond donors (Lipinski definition) is 1. The van der Waals surface area contributed by atoms with Crippen LogP contribution in [0.3, 0.4) is 0 Å². The summed E-state index contributed by atoms with van der Waals surface area (Å²) >= 11 is 0. The molecule has 2 aromatic carbocycles. The van der Waals surface area contributed by atoms with Crippen molar-refractivity contribution in [2.24, 2.45) is 0 Å². The van der Waals surface area contributed by atoms with Gasteiger partial charge in [-0.3, -0.25) is 9.69 Å². The highest BCUT2D eigenvalue weighted by atomic mass is 16.6. The first-order valence-electron chi connectivity index (χ1n) is 11.4. The SMILES string of the molecule is Cc1nc2c(cc1CCC(=O)O)CCCN2C(=O)OCC1c2ccccc2-c2ccccc21. The molecule has 0 fully saturated rings. The van der Waals surface area contributed by atoms with Crippen molar-refractivity contribution in [3.8, 4) is 11.1 Å². The maximum Gasteiger partial charge on any atom is 0.415 e. The van der Waals surface area contributed by atoms with Crippen LogP contribution in [-0.4, -0.2) is 35.3 Å². The van der Waals surface area contributed by atoms with Gasteiger partial charge in [-0.1, -0.05) is 54.6 Å². The molecule has 0 unspecified atom stereocenters. The molecule has 0 radical (unpaired) electrons. The van der Waals surface area contributed by atoms with Crippen molar-refractivity contribution in [1.82, 2.24) is 4.98 Å². The minimum absolute atomic E-state index is 0.0127. The third-order valence-electron chi connectivity index (χ3n) is 6.62. The lowest BCUT2D eigenvalue weighted by atomic mass is 9.98. The van der Waals surface area contributed by atoms with Crippen molar-refractivity contribution in [3.05, 3.63) is 82.5 Å². The Morgan fingerprint density at radius 2 is 1.76 bits per heavy atom. The Balaban J connectivity index is 1.35. The molecule has 0 atom stereocenters. The monoisotopic (exact) mass is 442 g/mol. The first-order valence-corrected chi connectivity index (χ1v) is 11.4. The molecule has 0 saturated carbocycles. The van der Waals surface area contributed by atoms with Crippen molar-refractivity contribution in [1.29, 1.82) is 0 Å². The van der Waals surface area contributed by atoms with E-state index in [0.29, 0.717) is 18.8 Å². The Hall–Kier alpha value is -3.67. The molecule has 6 nitrogen and oxygen atoms in total. The molecule has 6 heteroatoms. The molecule has 1 aliphatic carbocycles. The van der Waals surface area contributed by atoms with Crippen LogP contribution in [0.25, 0.3) is 11.1 Å². The van der Waals surface area contributed by atoms with Crippen LogP contribution in [0, 0.1) is 6.92 Å². The minimum Gasteiger partial charge on any atom is -0.481 e. The highest BCUT2D eigenvalue weighted by Gasteiger charge is 2.31. The van der Waals surface area contributed by atoms with Crippen LogP contribution in [0.1, 0.15) is 46.7 Å². The van der Waals surface area contributed by atoms with Gasteiger partial charge in [0.05, 0.1) is 0 Å². The van der Waals surface area contributed by atoms with Crippen LogP contribution in [0.5, 0.6) is 0 Å². The molecule has 5 rings (SSSR count). The summed E-state index contributed by atoms with van der Waals surface area (Å²) < 4.78 is 5.85. The molecule has 1 aliphatic heterocycles.